The first-order valence-electron chi connectivity index (χ1n) is 11.8. The number of benzene rings is 2. The Morgan fingerprint density at radius 1 is 0.875 bits per heavy atom. The maximum absolute atomic E-state index is 13.5. The molecule has 6 nitrogen and oxygen atoms in total. The number of rotatable bonds is 6. The Bertz CT molecular complexity index is 1230. The van der Waals surface area contributed by atoms with Crippen molar-refractivity contribution in [2.45, 2.75) is 57.3 Å². The minimum Gasteiger partial charge on any atom is -0.465 e. The second kappa shape index (κ2) is 11.1. The van der Waals surface area contributed by atoms with E-state index in [2.05, 4.69) is 0 Å². The van der Waals surface area contributed by atoms with Gasteiger partial charge in [-0.1, -0.05) is 6.92 Å². The number of anilines is 1. The Morgan fingerprint density at radius 2 is 1.43 bits per heavy atom. The van der Waals surface area contributed by atoms with E-state index in [1.807, 2.05) is 0 Å². The fourth-order valence-electron chi connectivity index (χ4n) is 4.71. The summed E-state index contributed by atoms with van der Waals surface area (Å²) in [5.41, 5.74) is -5.08. The standard InChI is InChI=1S/C25H23F9N2O4/c1-3-19-18(17-10-14(23(26,27)28)5-6-20(17)36(19)22(39)40-4-2)12-35(21(37)38)11-13-7-15(24(29,30)31)9-16(8-13)25(32,33)34/h5-10,18-19H,3-4,11-12H2,1-2H3,(H,37,38). The summed E-state index contributed by atoms with van der Waals surface area (Å²) < 4.78 is 125. The average molecular weight is 586 g/mol. The van der Waals surface area contributed by atoms with Gasteiger partial charge in [-0.25, -0.2) is 9.59 Å². The normalized spacial score (nSPS) is 17.5. The number of amides is 2. The van der Waals surface area contributed by atoms with Crippen molar-refractivity contribution < 1.29 is 58.9 Å². The average Bonchev–Trinajstić information content (AvgIpc) is 3.14. The highest BCUT2D eigenvalue weighted by Crippen LogP contribution is 2.46. The van der Waals surface area contributed by atoms with Gasteiger partial charge in [0, 0.05) is 25.0 Å². The molecule has 2 unspecified atom stereocenters. The van der Waals surface area contributed by atoms with Crippen LogP contribution in [0.3, 0.4) is 0 Å². The van der Waals surface area contributed by atoms with Crippen LogP contribution in [0.15, 0.2) is 36.4 Å². The molecule has 0 saturated heterocycles. The van der Waals surface area contributed by atoms with Crippen molar-refractivity contribution in [3.63, 3.8) is 0 Å². The van der Waals surface area contributed by atoms with Crippen LogP contribution in [0.25, 0.3) is 0 Å². The molecule has 2 amide bonds. The van der Waals surface area contributed by atoms with Crippen molar-refractivity contribution in [3.8, 4) is 0 Å². The number of carbonyl (C=O) groups is 2. The molecule has 1 heterocycles. The lowest BCUT2D eigenvalue weighted by molar-refractivity contribution is -0.143. The number of hydrogen-bond acceptors (Lipinski definition) is 3. The predicted octanol–water partition coefficient (Wildman–Crippen LogP) is 7.76. The maximum atomic E-state index is 13.5. The van der Waals surface area contributed by atoms with Gasteiger partial charge in [-0.3, -0.25) is 4.90 Å². The fraction of sp³-hybridized carbons (Fsp3) is 0.440. The molecule has 0 aliphatic carbocycles. The Morgan fingerprint density at radius 3 is 1.88 bits per heavy atom. The van der Waals surface area contributed by atoms with Crippen molar-refractivity contribution in [3.05, 3.63) is 64.2 Å². The molecule has 2 atom stereocenters. The molecule has 0 saturated carbocycles. The molecule has 3 rings (SSSR count). The molecule has 0 spiro atoms. The summed E-state index contributed by atoms with van der Waals surface area (Å²) in [5.74, 6) is -1.12. The van der Waals surface area contributed by atoms with Crippen molar-refractivity contribution in [1.82, 2.24) is 4.90 Å². The monoisotopic (exact) mass is 586 g/mol. The molecule has 220 valence electrons. The van der Waals surface area contributed by atoms with Crippen LogP contribution < -0.4 is 4.90 Å². The van der Waals surface area contributed by atoms with Gasteiger partial charge >= 0.3 is 30.7 Å². The van der Waals surface area contributed by atoms with E-state index in [1.165, 1.54) is 6.92 Å². The summed E-state index contributed by atoms with van der Waals surface area (Å²) in [7, 11) is 0. The van der Waals surface area contributed by atoms with E-state index in [1.54, 1.807) is 6.92 Å². The molecule has 1 aliphatic heterocycles. The molecule has 2 aromatic rings. The van der Waals surface area contributed by atoms with E-state index in [0.29, 0.717) is 17.0 Å². The molecule has 2 aromatic carbocycles. The van der Waals surface area contributed by atoms with Gasteiger partial charge in [0.25, 0.3) is 0 Å². The van der Waals surface area contributed by atoms with Crippen LogP contribution in [0.1, 0.15) is 54.0 Å². The first-order valence-corrected chi connectivity index (χ1v) is 11.8. The van der Waals surface area contributed by atoms with Gasteiger partial charge in [0.2, 0.25) is 0 Å². The van der Waals surface area contributed by atoms with Gasteiger partial charge in [-0.05, 0) is 60.9 Å². The minimum absolute atomic E-state index is 0.0204. The van der Waals surface area contributed by atoms with Gasteiger partial charge in [-0.15, -0.1) is 0 Å². The maximum Gasteiger partial charge on any atom is 0.416 e. The van der Waals surface area contributed by atoms with Crippen LogP contribution >= 0.6 is 0 Å². The lowest BCUT2D eigenvalue weighted by atomic mass is 9.91. The first kappa shape index (κ1) is 30.9. The van der Waals surface area contributed by atoms with E-state index in [4.69, 9.17) is 4.74 Å². The number of nitrogens with zero attached hydrogens (tertiary/aromatic N) is 2. The molecular formula is C25H23F9N2O4. The molecule has 0 radical (unpaired) electrons. The van der Waals surface area contributed by atoms with Gasteiger partial charge in [0.05, 0.1) is 29.0 Å². The lowest BCUT2D eigenvalue weighted by Crippen LogP contribution is -2.43. The number of alkyl halides is 9. The Kier molecular flexibility index (Phi) is 8.56. The van der Waals surface area contributed by atoms with E-state index < -0.39 is 78.0 Å². The largest absolute Gasteiger partial charge is 0.465 e. The number of ether oxygens (including phenoxy) is 1. The summed E-state index contributed by atoms with van der Waals surface area (Å²) in [6.07, 6.45) is -17.7. The second-order valence-corrected chi connectivity index (χ2v) is 9.00. The number of fused-ring (bicyclic) bond motifs is 1. The SMILES string of the molecule is CCOC(=O)N1c2ccc(C(F)(F)F)cc2C(CN(Cc2cc(C(F)(F)F)cc(C(F)(F)F)c2)C(=O)O)C1CC. The second-order valence-electron chi connectivity index (χ2n) is 9.00. The molecule has 15 heteroatoms. The molecule has 1 aliphatic rings. The van der Waals surface area contributed by atoms with E-state index in [9.17, 15) is 54.2 Å². The van der Waals surface area contributed by atoms with Crippen LogP contribution in [0.2, 0.25) is 0 Å². The predicted molar refractivity (Wildman–Crippen MR) is 123 cm³/mol. The molecule has 0 fully saturated rings. The molecule has 0 bridgehead atoms. The van der Waals surface area contributed by atoms with Crippen molar-refractivity contribution in [2.24, 2.45) is 0 Å². The third-order valence-corrected chi connectivity index (χ3v) is 6.40. The summed E-state index contributed by atoms with van der Waals surface area (Å²) in [6.45, 7) is 1.41. The number of carboxylic acid groups (broad SMARTS) is 1. The van der Waals surface area contributed by atoms with Crippen LogP contribution in [-0.4, -0.2) is 41.4 Å². The molecule has 1 N–H and O–H groups in total. The van der Waals surface area contributed by atoms with Crippen LogP contribution in [0.5, 0.6) is 0 Å². The van der Waals surface area contributed by atoms with E-state index >= 15 is 0 Å². The first-order chi connectivity index (χ1) is 18.4. The highest BCUT2D eigenvalue weighted by atomic mass is 19.4. The Balaban J connectivity index is 2.08. The summed E-state index contributed by atoms with van der Waals surface area (Å²) in [6, 6.07) is 2.22. The topological polar surface area (TPSA) is 70.1 Å². The van der Waals surface area contributed by atoms with Crippen LogP contribution in [0, 0.1) is 0 Å². The van der Waals surface area contributed by atoms with Gasteiger partial charge < -0.3 is 14.7 Å². The van der Waals surface area contributed by atoms with Crippen LogP contribution in [-0.2, 0) is 29.8 Å². The zero-order valence-corrected chi connectivity index (χ0v) is 20.9. The van der Waals surface area contributed by atoms with E-state index in [-0.39, 0.29) is 30.3 Å². The smallest absolute Gasteiger partial charge is 0.416 e. The zero-order valence-electron chi connectivity index (χ0n) is 20.9. The quantitative estimate of drug-likeness (QED) is 0.352. The lowest BCUT2D eigenvalue weighted by Gasteiger charge is -2.30. The third-order valence-electron chi connectivity index (χ3n) is 6.40. The van der Waals surface area contributed by atoms with Crippen LogP contribution in [0.4, 0.5) is 54.8 Å². The molecule has 0 aromatic heterocycles. The van der Waals surface area contributed by atoms with Gasteiger partial charge in [0.15, 0.2) is 0 Å². The Hall–Kier alpha value is -3.65. The Labute approximate surface area is 221 Å². The third kappa shape index (κ3) is 6.55. The molecule has 40 heavy (non-hydrogen) atoms. The minimum atomic E-state index is -5.17. The van der Waals surface area contributed by atoms with Gasteiger partial charge in [-0.2, -0.15) is 39.5 Å². The van der Waals surface area contributed by atoms with Gasteiger partial charge in [0.1, 0.15) is 0 Å². The summed E-state index contributed by atoms with van der Waals surface area (Å²) in [5, 5.41) is 9.80. The fourth-order valence-corrected chi connectivity index (χ4v) is 4.71. The zero-order chi connectivity index (χ0) is 30.2. The summed E-state index contributed by atoms with van der Waals surface area (Å²) >= 11 is 0. The number of halogens is 9. The van der Waals surface area contributed by atoms with Crippen molar-refractivity contribution in [2.75, 3.05) is 18.1 Å². The highest BCUT2D eigenvalue weighted by molar-refractivity contribution is 5.92. The highest BCUT2D eigenvalue weighted by Gasteiger charge is 2.45. The van der Waals surface area contributed by atoms with Crippen molar-refractivity contribution >= 4 is 17.9 Å². The number of carbonyl (C=O) groups excluding carboxylic acids is 1. The number of hydrogen-bond donors (Lipinski definition) is 1. The van der Waals surface area contributed by atoms with E-state index in [0.717, 1.165) is 23.1 Å². The van der Waals surface area contributed by atoms with Crippen molar-refractivity contribution in [1.29, 1.82) is 0 Å². The summed E-state index contributed by atoms with van der Waals surface area (Å²) in [4.78, 5) is 26.4. The molecular weight excluding hydrogens is 563 g/mol.